The third-order valence-electron chi connectivity index (χ3n) is 4.50. The number of carbonyl (C=O) groups is 1. The van der Waals surface area contributed by atoms with Crippen LogP contribution in [-0.2, 0) is 11.3 Å². The van der Waals surface area contributed by atoms with Crippen LogP contribution in [0.2, 0.25) is 0 Å². The minimum atomic E-state index is -0.578. The van der Waals surface area contributed by atoms with Gasteiger partial charge >= 0.3 is 5.69 Å². The second kappa shape index (κ2) is 6.37. The third-order valence-corrected chi connectivity index (χ3v) is 4.50. The smallest absolute Gasteiger partial charge is 0.329 e. The highest BCUT2D eigenvalue weighted by Crippen LogP contribution is 2.24. The van der Waals surface area contributed by atoms with E-state index in [0.29, 0.717) is 17.4 Å². The molecule has 1 amide bonds. The zero-order valence-electron chi connectivity index (χ0n) is 12.7. The number of amides is 1. The minimum Gasteiger partial charge on any atom is -0.351 e. The molecule has 2 atom stereocenters. The lowest BCUT2D eigenvalue weighted by molar-refractivity contribution is -0.122. The van der Waals surface area contributed by atoms with Crippen LogP contribution in [0.15, 0.2) is 33.9 Å². The van der Waals surface area contributed by atoms with E-state index < -0.39 is 11.2 Å². The summed E-state index contributed by atoms with van der Waals surface area (Å²) in [5.41, 5.74) is 5.14. The number of fused-ring (bicyclic) bond motifs is 1. The van der Waals surface area contributed by atoms with E-state index in [-0.39, 0.29) is 24.4 Å². The highest BCUT2D eigenvalue weighted by Gasteiger charge is 2.27. The van der Waals surface area contributed by atoms with Crippen molar-refractivity contribution in [1.82, 2.24) is 14.9 Å². The second-order valence-corrected chi connectivity index (χ2v) is 5.97. The predicted octanol–water partition coefficient (Wildman–Crippen LogP) is -0.0666. The number of H-pyrrole nitrogens is 1. The van der Waals surface area contributed by atoms with E-state index in [1.807, 2.05) is 0 Å². The Balaban J connectivity index is 1.82. The molecule has 0 radical (unpaired) electrons. The van der Waals surface area contributed by atoms with Crippen LogP contribution in [0.5, 0.6) is 0 Å². The molecule has 2 unspecified atom stereocenters. The topological polar surface area (TPSA) is 110 Å². The van der Waals surface area contributed by atoms with Crippen LogP contribution < -0.4 is 22.3 Å². The zero-order chi connectivity index (χ0) is 16.4. The van der Waals surface area contributed by atoms with Gasteiger partial charge in [0, 0.05) is 6.04 Å². The van der Waals surface area contributed by atoms with Crippen molar-refractivity contribution in [2.75, 3.05) is 6.54 Å². The van der Waals surface area contributed by atoms with E-state index in [9.17, 15) is 14.4 Å². The van der Waals surface area contributed by atoms with Crippen LogP contribution in [0.3, 0.4) is 0 Å². The first-order valence-electron chi connectivity index (χ1n) is 7.81. The maximum atomic E-state index is 12.4. The van der Waals surface area contributed by atoms with Gasteiger partial charge in [-0.3, -0.25) is 14.2 Å². The minimum absolute atomic E-state index is 0.0303. The predicted molar refractivity (Wildman–Crippen MR) is 87.2 cm³/mol. The molecule has 0 aliphatic heterocycles. The summed E-state index contributed by atoms with van der Waals surface area (Å²) >= 11 is 0. The molecule has 2 aromatic rings. The van der Waals surface area contributed by atoms with Crippen LogP contribution in [0, 0.1) is 5.92 Å². The molecule has 1 fully saturated rings. The molecule has 3 rings (SSSR count). The van der Waals surface area contributed by atoms with E-state index in [0.717, 1.165) is 23.8 Å². The van der Waals surface area contributed by atoms with Crippen molar-refractivity contribution < 1.29 is 4.79 Å². The van der Waals surface area contributed by atoms with Crippen LogP contribution in [0.1, 0.15) is 19.3 Å². The van der Waals surface area contributed by atoms with Crippen LogP contribution in [0.25, 0.3) is 10.9 Å². The number of aromatic amines is 1. The Morgan fingerprint density at radius 2 is 2.09 bits per heavy atom. The molecule has 122 valence electrons. The van der Waals surface area contributed by atoms with Gasteiger partial charge in [0.25, 0.3) is 5.56 Å². The fourth-order valence-corrected chi connectivity index (χ4v) is 3.25. The van der Waals surface area contributed by atoms with Crippen molar-refractivity contribution >= 4 is 16.8 Å². The Labute approximate surface area is 132 Å². The molecule has 1 heterocycles. The summed E-state index contributed by atoms with van der Waals surface area (Å²) in [5.74, 6) is -0.0659. The first-order chi connectivity index (χ1) is 11.1. The van der Waals surface area contributed by atoms with Gasteiger partial charge in [0.05, 0.1) is 10.9 Å². The maximum Gasteiger partial charge on any atom is 0.329 e. The van der Waals surface area contributed by atoms with Crippen molar-refractivity contribution in [3.8, 4) is 0 Å². The Morgan fingerprint density at radius 3 is 2.87 bits per heavy atom. The summed E-state index contributed by atoms with van der Waals surface area (Å²) in [6.07, 6.45) is 2.91. The quantitative estimate of drug-likeness (QED) is 0.733. The molecular weight excluding hydrogens is 296 g/mol. The summed E-state index contributed by atoms with van der Waals surface area (Å²) in [7, 11) is 0. The number of aromatic nitrogens is 2. The van der Waals surface area contributed by atoms with Gasteiger partial charge in [0.1, 0.15) is 6.54 Å². The molecule has 1 aliphatic carbocycles. The van der Waals surface area contributed by atoms with E-state index >= 15 is 0 Å². The molecule has 1 saturated carbocycles. The van der Waals surface area contributed by atoms with Gasteiger partial charge in [-0.1, -0.05) is 18.6 Å². The largest absolute Gasteiger partial charge is 0.351 e. The van der Waals surface area contributed by atoms with Crippen molar-refractivity contribution in [2.45, 2.75) is 31.8 Å². The number of nitrogens with two attached hydrogens (primary N) is 1. The number of rotatable bonds is 4. The normalized spacial score (nSPS) is 20.7. The Hall–Kier alpha value is -2.41. The third kappa shape index (κ3) is 3.05. The monoisotopic (exact) mass is 316 g/mol. The van der Waals surface area contributed by atoms with Crippen LogP contribution >= 0.6 is 0 Å². The second-order valence-electron chi connectivity index (χ2n) is 5.97. The van der Waals surface area contributed by atoms with Gasteiger partial charge in [-0.05, 0) is 37.4 Å². The number of para-hydroxylation sites is 1. The molecule has 23 heavy (non-hydrogen) atoms. The molecule has 1 aromatic heterocycles. The molecule has 0 bridgehead atoms. The summed E-state index contributed by atoms with van der Waals surface area (Å²) < 4.78 is 0.935. The molecule has 0 saturated heterocycles. The Morgan fingerprint density at radius 1 is 1.30 bits per heavy atom. The first-order valence-corrected chi connectivity index (χ1v) is 7.81. The SMILES string of the molecule is NCC1CCCC1NC(=O)Cn1c(=O)[nH]c2ccccc2c1=O. The number of benzene rings is 1. The summed E-state index contributed by atoms with van der Waals surface area (Å²) in [5, 5.41) is 3.29. The number of hydrogen-bond donors (Lipinski definition) is 3. The van der Waals surface area contributed by atoms with Gasteiger partial charge in [0.2, 0.25) is 5.91 Å². The average Bonchev–Trinajstić information content (AvgIpc) is 2.98. The van der Waals surface area contributed by atoms with Crippen molar-refractivity contribution in [2.24, 2.45) is 11.7 Å². The van der Waals surface area contributed by atoms with E-state index in [2.05, 4.69) is 10.3 Å². The Kier molecular flexibility index (Phi) is 4.29. The fraction of sp³-hybridized carbons (Fsp3) is 0.438. The summed E-state index contributed by atoms with van der Waals surface area (Å²) in [4.78, 5) is 39.3. The van der Waals surface area contributed by atoms with Gasteiger partial charge in [-0.2, -0.15) is 0 Å². The zero-order valence-corrected chi connectivity index (χ0v) is 12.7. The maximum absolute atomic E-state index is 12.4. The molecule has 1 aromatic carbocycles. The number of nitrogens with zero attached hydrogens (tertiary/aromatic N) is 1. The van der Waals surface area contributed by atoms with Crippen molar-refractivity contribution in [3.63, 3.8) is 0 Å². The molecule has 4 N–H and O–H groups in total. The lowest BCUT2D eigenvalue weighted by atomic mass is 10.0. The fourth-order valence-electron chi connectivity index (χ4n) is 3.25. The Bertz CT molecular complexity index is 839. The molecule has 0 spiro atoms. The van der Waals surface area contributed by atoms with Gasteiger partial charge < -0.3 is 16.0 Å². The molecule has 7 nitrogen and oxygen atoms in total. The highest BCUT2D eigenvalue weighted by molar-refractivity contribution is 5.79. The number of carbonyl (C=O) groups excluding carboxylic acids is 1. The molecule has 7 heteroatoms. The number of hydrogen-bond acceptors (Lipinski definition) is 4. The lowest BCUT2D eigenvalue weighted by Crippen LogP contribution is -2.45. The first kappa shape index (κ1) is 15.5. The lowest BCUT2D eigenvalue weighted by Gasteiger charge is -2.19. The van der Waals surface area contributed by atoms with E-state index in [1.165, 1.54) is 0 Å². The summed E-state index contributed by atoms with van der Waals surface area (Å²) in [6.45, 7) is 0.244. The van der Waals surface area contributed by atoms with Crippen molar-refractivity contribution in [1.29, 1.82) is 0 Å². The van der Waals surface area contributed by atoms with Crippen LogP contribution in [0.4, 0.5) is 0 Å². The average molecular weight is 316 g/mol. The van der Waals surface area contributed by atoms with Crippen LogP contribution in [-0.4, -0.2) is 28.0 Å². The van der Waals surface area contributed by atoms with E-state index in [1.54, 1.807) is 24.3 Å². The molecule has 1 aliphatic rings. The van der Waals surface area contributed by atoms with Gasteiger partial charge in [-0.25, -0.2) is 4.79 Å². The van der Waals surface area contributed by atoms with Crippen molar-refractivity contribution in [3.05, 3.63) is 45.1 Å². The number of nitrogens with one attached hydrogen (secondary N) is 2. The van der Waals surface area contributed by atoms with Gasteiger partial charge in [0.15, 0.2) is 0 Å². The highest BCUT2D eigenvalue weighted by atomic mass is 16.2. The molecular formula is C16H20N4O3. The standard InChI is InChI=1S/C16H20N4O3/c17-8-10-4-3-7-12(10)18-14(21)9-20-15(22)11-5-1-2-6-13(11)19-16(20)23/h1-2,5-6,10,12H,3-4,7-9,17H2,(H,18,21)(H,19,23). The van der Waals surface area contributed by atoms with Gasteiger partial charge in [-0.15, -0.1) is 0 Å². The van der Waals surface area contributed by atoms with E-state index in [4.69, 9.17) is 5.73 Å². The summed E-state index contributed by atoms with van der Waals surface area (Å²) in [6, 6.07) is 6.78.